The van der Waals surface area contributed by atoms with Crippen LogP contribution in [0.3, 0.4) is 0 Å². The van der Waals surface area contributed by atoms with E-state index >= 15 is 0 Å². The van der Waals surface area contributed by atoms with Gasteiger partial charge in [-0.1, -0.05) is 26.0 Å². The van der Waals surface area contributed by atoms with Crippen LogP contribution >= 0.6 is 0 Å². The molecular weight excluding hydrogens is 244 g/mol. The molecule has 2 saturated carbocycles. The van der Waals surface area contributed by atoms with Gasteiger partial charge >= 0.3 is 5.97 Å². The molecule has 2 aliphatic carbocycles. The van der Waals surface area contributed by atoms with E-state index in [0.717, 1.165) is 12.0 Å². The van der Waals surface area contributed by atoms with E-state index in [0.29, 0.717) is 12.8 Å². The topological polar surface area (TPSA) is 66.8 Å². The summed E-state index contributed by atoms with van der Waals surface area (Å²) in [4.78, 5) is 11.8. The molecule has 4 nitrogen and oxygen atoms in total. The third kappa shape index (κ3) is 1.62. The molecule has 4 heteroatoms. The quantitative estimate of drug-likeness (QED) is 0.512. The molecule has 1 aliphatic heterocycles. The average molecular weight is 266 g/mol. The Bertz CT molecular complexity index is 432. The number of fused-ring (bicyclic) bond motifs is 3. The Kier molecular flexibility index (Phi) is 2.81. The van der Waals surface area contributed by atoms with Gasteiger partial charge in [-0.3, -0.25) is 4.79 Å². The lowest BCUT2D eigenvalue weighted by molar-refractivity contribution is -0.161. The zero-order chi connectivity index (χ0) is 13.9. The molecule has 3 fully saturated rings. The van der Waals surface area contributed by atoms with Crippen LogP contribution in [0.25, 0.3) is 0 Å². The van der Waals surface area contributed by atoms with E-state index in [1.807, 2.05) is 13.8 Å². The molecule has 3 rings (SSSR count). The number of aliphatic hydroxyl groups is 2. The van der Waals surface area contributed by atoms with Gasteiger partial charge in [0.25, 0.3) is 0 Å². The van der Waals surface area contributed by atoms with E-state index in [1.54, 1.807) is 0 Å². The second-order valence-corrected chi connectivity index (χ2v) is 6.74. The van der Waals surface area contributed by atoms with Gasteiger partial charge in [-0.2, -0.15) is 0 Å². The standard InChI is InChI=1S/C15H22O4/c1-7-4-5-10(17)15(3)6-9(16)11-8(2)14(18)19-13(11)12(7)15/h8-13,16-17H,1,4-6H2,2-3H3/t8-,9+,10+,11+,12+,13-,15-/m0/s1. The Morgan fingerprint density at radius 3 is 2.79 bits per heavy atom. The smallest absolute Gasteiger partial charge is 0.309 e. The Balaban J connectivity index is 2.02. The number of carbonyl (C=O) groups excluding carboxylic acids is 1. The van der Waals surface area contributed by atoms with Gasteiger partial charge in [0, 0.05) is 17.3 Å². The van der Waals surface area contributed by atoms with Crippen LogP contribution in [0.15, 0.2) is 12.2 Å². The molecule has 0 spiro atoms. The van der Waals surface area contributed by atoms with Gasteiger partial charge in [0.15, 0.2) is 0 Å². The summed E-state index contributed by atoms with van der Waals surface area (Å²) < 4.78 is 5.53. The zero-order valence-electron chi connectivity index (χ0n) is 11.5. The molecule has 7 atom stereocenters. The highest BCUT2D eigenvalue weighted by Crippen LogP contribution is 2.57. The molecule has 0 unspecified atom stereocenters. The van der Waals surface area contributed by atoms with E-state index in [1.165, 1.54) is 0 Å². The lowest BCUT2D eigenvalue weighted by Gasteiger charge is -2.54. The number of hydrogen-bond donors (Lipinski definition) is 2. The van der Waals surface area contributed by atoms with Crippen molar-refractivity contribution >= 4 is 5.97 Å². The van der Waals surface area contributed by atoms with Gasteiger partial charge in [0.1, 0.15) is 6.10 Å². The fourth-order valence-corrected chi connectivity index (χ4v) is 4.54. The second-order valence-electron chi connectivity index (χ2n) is 6.74. The molecule has 3 aliphatic rings. The van der Waals surface area contributed by atoms with E-state index in [-0.39, 0.29) is 29.8 Å². The summed E-state index contributed by atoms with van der Waals surface area (Å²) in [5, 5.41) is 20.8. The molecule has 0 aromatic rings. The summed E-state index contributed by atoms with van der Waals surface area (Å²) >= 11 is 0. The number of rotatable bonds is 0. The van der Waals surface area contributed by atoms with Crippen LogP contribution in [-0.4, -0.2) is 34.5 Å². The molecule has 19 heavy (non-hydrogen) atoms. The van der Waals surface area contributed by atoms with Crippen LogP contribution in [0.2, 0.25) is 0 Å². The van der Waals surface area contributed by atoms with Crippen molar-refractivity contribution in [2.45, 2.75) is 51.4 Å². The summed E-state index contributed by atoms with van der Waals surface area (Å²) in [6, 6.07) is 0. The molecular formula is C15H22O4. The van der Waals surface area contributed by atoms with Crippen molar-refractivity contribution in [3.63, 3.8) is 0 Å². The fraction of sp³-hybridized carbons (Fsp3) is 0.800. The van der Waals surface area contributed by atoms with Gasteiger partial charge in [-0.05, 0) is 19.3 Å². The van der Waals surface area contributed by atoms with Crippen molar-refractivity contribution in [3.8, 4) is 0 Å². The zero-order valence-corrected chi connectivity index (χ0v) is 11.5. The normalized spacial score (nSPS) is 53.5. The predicted molar refractivity (Wildman–Crippen MR) is 69.1 cm³/mol. The van der Waals surface area contributed by atoms with Crippen molar-refractivity contribution in [1.82, 2.24) is 0 Å². The third-order valence-corrected chi connectivity index (χ3v) is 5.65. The van der Waals surface area contributed by atoms with Crippen molar-refractivity contribution in [2.24, 2.45) is 23.2 Å². The minimum Gasteiger partial charge on any atom is -0.461 e. The fourth-order valence-electron chi connectivity index (χ4n) is 4.54. The van der Waals surface area contributed by atoms with E-state index in [2.05, 4.69) is 6.58 Å². The van der Waals surface area contributed by atoms with Crippen molar-refractivity contribution in [3.05, 3.63) is 12.2 Å². The van der Waals surface area contributed by atoms with Crippen molar-refractivity contribution < 1.29 is 19.7 Å². The lowest BCUT2D eigenvalue weighted by Crippen LogP contribution is -2.57. The van der Waals surface area contributed by atoms with Crippen LogP contribution < -0.4 is 0 Å². The van der Waals surface area contributed by atoms with Crippen LogP contribution in [0.4, 0.5) is 0 Å². The molecule has 0 bridgehead atoms. The molecule has 0 aromatic heterocycles. The first-order valence-corrected chi connectivity index (χ1v) is 7.10. The first-order valence-electron chi connectivity index (χ1n) is 7.10. The average Bonchev–Trinajstić information content (AvgIpc) is 2.61. The van der Waals surface area contributed by atoms with Gasteiger partial charge in [0.2, 0.25) is 0 Å². The third-order valence-electron chi connectivity index (χ3n) is 5.65. The number of carbonyl (C=O) groups is 1. The summed E-state index contributed by atoms with van der Waals surface area (Å²) in [5.74, 6) is -0.686. The van der Waals surface area contributed by atoms with Crippen molar-refractivity contribution in [2.75, 3.05) is 0 Å². The highest BCUT2D eigenvalue weighted by molar-refractivity contribution is 5.75. The largest absolute Gasteiger partial charge is 0.461 e. The van der Waals surface area contributed by atoms with Crippen LogP contribution in [0.1, 0.15) is 33.1 Å². The minimum absolute atomic E-state index is 0.0291. The summed E-state index contributed by atoms with van der Waals surface area (Å²) in [5.41, 5.74) is 0.622. The van der Waals surface area contributed by atoms with Gasteiger partial charge in [-0.15, -0.1) is 0 Å². The predicted octanol–water partition coefficient (Wildman–Crippen LogP) is 1.26. The van der Waals surface area contributed by atoms with Crippen LogP contribution in [0, 0.1) is 23.2 Å². The molecule has 1 saturated heterocycles. The minimum atomic E-state index is -0.590. The Morgan fingerprint density at radius 2 is 2.11 bits per heavy atom. The van der Waals surface area contributed by atoms with E-state index < -0.39 is 17.6 Å². The number of aliphatic hydroxyl groups excluding tert-OH is 2. The second kappa shape index (κ2) is 4.06. The highest BCUT2D eigenvalue weighted by Gasteiger charge is 2.61. The Labute approximate surface area is 113 Å². The molecule has 0 radical (unpaired) electrons. The Hall–Kier alpha value is -0.870. The summed E-state index contributed by atoms with van der Waals surface area (Å²) in [6.45, 7) is 7.94. The monoisotopic (exact) mass is 266 g/mol. The maximum Gasteiger partial charge on any atom is 0.309 e. The first kappa shape index (κ1) is 13.1. The number of hydrogen-bond acceptors (Lipinski definition) is 4. The highest BCUT2D eigenvalue weighted by atomic mass is 16.6. The van der Waals surface area contributed by atoms with Gasteiger partial charge in [-0.25, -0.2) is 0 Å². The van der Waals surface area contributed by atoms with Gasteiger partial charge < -0.3 is 14.9 Å². The molecule has 1 heterocycles. The molecule has 106 valence electrons. The number of esters is 1. The van der Waals surface area contributed by atoms with E-state index in [4.69, 9.17) is 4.74 Å². The summed E-state index contributed by atoms with van der Waals surface area (Å²) in [7, 11) is 0. The SMILES string of the molecule is C=C1CC[C@@H](O)[C@]2(C)C[C@@H](O)[C@@H]3[C@H](OC(=O)[C@H]3C)[C@@H]12. The van der Waals surface area contributed by atoms with Crippen LogP contribution in [0.5, 0.6) is 0 Å². The summed E-state index contributed by atoms with van der Waals surface area (Å²) in [6.07, 6.45) is 0.590. The first-order chi connectivity index (χ1) is 8.86. The lowest BCUT2D eigenvalue weighted by atomic mass is 9.53. The van der Waals surface area contributed by atoms with Crippen molar-refractivity contribution in [1.29, 1.82) is 0 Å². The maximum atomic E-state index is 11.8. The molecule has 2 N–H and O–H groups in total. The maximum absolute atomic E-state index is 11.8. The number of ether oxygens (including phenoxy) is 1. The van der Waals surface area contributed by atoms with E-state index in [9.17, 15) is 15.0 Å². The van der Waals surface area contributed by atoms with Gasteiger partial charge in [0.05, 0.1) is 18.1 Å². The molecule has 0 amide bonds. The molecule has 0 aromatic carbocycles. The Morgan fingerprint density at radius 1 is 1.42 bits per heavy atom. The van der Waals surface area contributed by atoms with Crippen LogP contribution in [-0.2, 0) is 9.53 Å².